The smallest absolute Gasteiger partial charge is 0.394 e. The van der Waals surface area contributed by atoms with Gasteiger partial charge in [0.15, 0.2) is 0 Å². The van der Waals surface area contributed by atoms with Gasteiger partial charge in [-0.3, -0.25) is 14.7 Å². The molecule has 1 unspecified atom stereocenters. The fraction of sp³-hybridized carbons (Fsp3) is 0.222. The summed E-state index contributed by atoms with van der Waals surface area (Å²) in [5.74, 6) is -0.746. The van der Waals surface area contributed by atoms with Crippen molar-refractivity contribution in [1.82, 2.24) is 25.3 Å². The standard InChI is InChI=1S/C18H16F3N5O3/c1-10(9-27)24-16(28)14-6-15(11-2-4-12(5-3-11)18(19,20)21)25-26(17(14)29)13-7-22-23-8-13/h2-8,10,27H,9H2,1H3,(H,22,23)(H,24,28). The number of amides is 1. The molecule has 0 aliphatic carbocycles. The fourth-order valence-corrected chi connectivity index (χ4v) is 2.51. The van der Waals surface area contributed by atoms with E-state index in [1.54, 1.807) is 6.92 Å². The second kappa shape index (κ2) is 7.87. The van der Waals surface area contributed by atoms with Gasteiger partial charge in [-0.2, -0.15) is 28.1 Å². The lowest BCUT2D eigenvalue weighted by atomic mass is 10.1. The molecule has 2 aromatic heterocycles. The number of hydrogen-bond acceptors (Lipinski definition) is 5. The third-order valence-electron chi connectivity index (χ3n) is 4.04. The molecule has 0 saturated carbocycles. The molecule has 0 aliphatic heterocycles. The highest BCUT2D eigenvalue weighted by atomic mass is 19.4. The number of aromatic nitrogens is 4. The third-order valence-corrected chi connectivity index (χ3v) is 4.04. The van der Waals surface area contributed by atoms with Crippen LogP contribution in [0.25, 0.3) is 16.9 Å². The minimum Gasteiger partial charge on any atom is -0.394 e. The molecule has 1 aromatic carbocycles. The molecule has 0 spiro atoms. The van der Waals surface area contributed by atoms with Gasteiger partial charge in [0.1, 0.15) is 11.3 Å². The molecule has 0 radical (unpaired) electrons. The summed E-state index contributed by atoms with van der Waals surface area (Å²) in [6.07, 6.45) is -1.81. The number of hydrogen-bond donors (Lipinski definition) is 3. The zero-order chi connectivity index (χ0) is 21.2. The van der Waals surface area contributed by atoms with Gasteiger partial charge in [0.2, 0.25) is 0 Å². The van der Waals surface area contributed by atoms with Crippen LogP contribution in [0, 0.1) is 0 Å². The number of aromatic amines is 1. The molecule has 0 bridgehead atoms. The lowest BCUT2D eigenvalue weighted by Gasteiger charge is -2.13. The van der Waals surface area contributed by atoms with Crippen molar-refractivity contribution in [3.8, 4) is 16.9 Å². The maximum Gasteiger partial charge on any atom is 0.416 e. The van der Waals surface area contributed by atoms with Gasteiger partial charge < -0.3 is 10.4 Å². The van der Waals surface area contributed by atoms with Crippen molar-refractivity contribution in [1.29, 1.82) is 0 Å². The highest BCUT2D eigenvalue weighted by Gasteiger charge is 2.30. The molecule has 3 rings (SSSR count). The van der Waals surface area contributed by atoms with Crippen molar-refractivity contribution in [2.45, 2.75) is 19.1 Å². The molecule has 0 fully saturated rings. The molecule has 8 nitrogen and oxygen atoms in total. The first kappa shape index (κ1) is 20.3. The van der Waals surface area contributed by atoms with E-state index in [-0.39, 0.29) is 29.1 Å². The summed E-state index contributed by atoms with van der Waals surface area (Å²) >= 11 is 0. The number of nitrogens with zero attached hydrogens (tertiary/aromatic N) is 3. The Kier molecular flexibility index (Phi) is 5.50. The summed E-state index contributed by atoms with van der Waals surface area (Å²) in [6, 6.07) is 4.77. The molecule has 2 heterocycles. The summed E-state index contributed by atoms with van der Waals surface area (Å²) < 4.78 is 39.3. The Morgan fingerprint density at radius 1 is 1.31 bits per heavy atom. The first-order valence-electron chi connectivity index (χ1n) is 8.43. The van der Waals surface area contributed by atoms with Crippen LogP contribution in [0.2, 0.25) is 0 Å². The van der Waals surface area contributed by atoms with Gasteiger partial charge in [-0.05, 0) is 25.1 Å². The van der Waals surface area contributed by atoms with E-state index >= 15 is 0 Å². The Morgan fingerprint density at radius 3 is 2.55 bits per heavy atom. The molecule has 0 saturated heterocycles. The van der Waals surface area contributed by atoms with E-state index in [0.717, 1.165) is 16.8 Å². The van der Waals surface area contributed by atoms with Crippen LogP contribution in [0.1, 0.15) is 22.8 Å². The predicted octanol–water partition coefficient (Wildman–Crippen LogP) is 1.75. The average molecular weight is 407 g/mol. The number of nitrogens with one attached hydrogen (secondary N) is 2. The van der Waals surface area contributed by atoms with E-state index in [4.69, 9.17) is 5.11 Å². The van der Waals surface area contributed by atoms with Crippen molar-refractivity contribution >= 4 is 5.91 Å². The minimum atomic E-state index is -4.49. The zero-order valence-electron chi connectivity index (χ0n) is 15.1. The number of H-pyrrole nitrogens is 1. The van der Waals surface area contributed by atoms with Crippen LogP contribution in [0.5, 0.6) is 0 Å². The molecule has 1 atom stereocenters. The summed E-state index contributed by atoms with van der Waals surface area (Å²) in [6.45, 7) is 1.21. The lowest BCUT2D eigenvalue weighted by molar-refractivity contribution is -0.137. The molecular formula is C18H16F3N5O3. The molecule has 3 aromatic rings. The average Bonchev–Trinajstić information content (AvgIpc) is 3.22. The van der Waals surface area contributed by atoms with Crippen LogP contribution in [-0.2, 0) is 6.18 Å². The van der Waals surface area contributed by atoms with E-state index in [0.29, 0.717) is 0 Å². The number of alkyl halides is 3. The second-order valence-corrected chi connectivity index (χ2v) is 6.25. The Labute approximate surface area is 162 Å². The molecular weight excluding hydrogens is 391 g/mol. The van der Waals surface area contributed by atoms with Crippen LogP contribution in [0.4, 0.5) is 13.2 Å². The first-order valence-corrected chi connectivity index (χ1v) is 8.43. The van der Waals surface area contributed by atoms with Crippen LogP contribution in [0.15, 0.2) is 47.5 Å². The number of rotatable bonds is 5. The number of carbonyl (C=O) groups excluding carboxylic acids is 1. The molecule has 11 heteroatoms. The van der Waals surface area contributed by atoms with Crippen molar-refractivity contribution in [3.05, 3.63) is 64.2 Å². The van der Waals surface area contributed by atoms with E-state index in [1.807, 2.05) is 0 Å². The zero-order valence-corrected chi connectivity index (χ0v) is 15.1. The van der Waals surface area contributed by atoms with Gasteiger partial charge in [0.25, 0.3) is 11.5 Å². The van der Waals surface area contributed by atoms with Crippen molar-refractivity contribution in [2.75, 3.05) is 6.61 Å². The van der Waals surface area contributed by atoms with Gasteiger partial charge in [-0.25, -0.2) is 0 Å². The monoisotopic (exact) mass is 407 g/mol. The van der Waals surface area contributed by atoms with Crippen molar-refractivity contribution in [3.63, 3.8) is 0 Å². The van der Waals surface area contributed by atoms with Crippen LogP contribution in [0.3, 0.4) is 0 Å². The van der Waals surface area contributed by atoms with Crippen molar-refractivity contribution < 1.29 is 23.1 Å². The fourth-order valence-electron chi connectivity index (χ4n) is 2.51. The summed E-state index contributed by atoms with van der Waals surface area (Å²) in [4.78, 5) is 25.2. The normalized spacial score (nSPS) is 12.6. The summed E-state index contributed by atoms with van der Waals surface area (Å²) in [5.41, 5.74) is -1.23. The highest BCUT2D eigenvalue weighted by Crippen LogP contribution is 2.30. The first-order chi connectivity index (χ1) is 13.7. The molecule has 152 valence electrons. The maximum atomic E-state index is 12.8. The molecule has 29 heavy (non-hydrogen) atoms. The van der Waals surface area contributed by atoms with Gasteiger partial charge in [-0.1, -0.05) is 12.1 Å². The summed E-state index contributed by atoms with van der Waals surface area (Å²) in [7, 11) is 0. The Morgan fingerprint density at radius 2 is 2.00 bits per heavy atom. The van der Waals surface area contributed by atoms with E-state index in [2.05, 4.69) is 20.6 Å². The van der Waals surface area contributed by atoms with Crippen molar-refractivity contribution in [2.24, 2.45) is 0 Å². The number of aliphatic hydroxyl groups is 1. The quantitative estimate of drug-likeness (QED) is 0.597. The maximum absolute atomic E-state index is 12.8. The van der Waals surface area contributed by atoms with Gasteiger partial charge in [-0.15, -0.1) is 0 Å². The second-order valence-electron chi connectivity index (χ2n) is 6.25. The number of carbonyl (C=O) groups is 1. The molecule has 0 aliphatic rings. The number of halogens is 3. The molecule has 3 N–H and O–H groups in total. The lowest BCUT2D eigenvalue weighted by Crippen LogP contribution is -2.39. The van der Waals surface area contributed by atoms with Gasteiger partial charge in [0.05, 0.1) is 24.1 Å². The third kappa shape index (κ3) is 4.35. The van der Waals surface area contributed by atoms with Gasteiger partial charge >= 0.3 is 6.18 Å². The minimum absolute atomic E-state index is 0.112. The van der Waals surface area contributed by atoms with Gasteiger partial charge in [0, 0.05) is 17.8 Å². The van der Waals surface area contributed by atoms with E-state index < -0.39 is 29.2 Å². The number of benzene rings is 1. The Bertz CT molecular complexity index is 1060. The summed E-state index contributed by atoms with van der Waals surface area (Å²) in [5, 5.41) is 22.0. The van der Waals surface area contributed by atoms with E-state index in [1.165, 1.54) is 30.6 Å². The molecule has 1 amide bonds. The number of aliphatic hydroxyl groups excluding tert-OH is 1. The van der Waals surface area contributed by atoms with E-state index in [9.17, 15) is 22.8 Å². The van der Waals surface area contributed by atoms with Crippen LogP contribution >= 0.6 is 0 Å². The SMILES string of the molecule is CC(CO)NC(=O)c1cc(-c2ccc(C(F)(F)F)cc2)nn(-c2cn[nH]c2)c1=O. The topological polar surface area (TPSA) is 113 Å². The van der Waals surface area contributed by atoms with Crippen LogP contribution in [-0.4, -0.2) is 43.6 Å². The largest absolute Gasteiger partial charge is 0.416 e. The Hall–Kier alpha value is -3.47. The van der Waals surface area contributed by atoms with Crippen LogP contribution < -0.4 is 10.9 Å². The predicted molar refractivity (Wildman–Crippen MR) is 96.4 cm³/mol. The Balaban J connectivity index is 2.12. The highest BCUT2D eigenvalue weighted by molar-refractivity contribution is 5.95.